The lowest BCUT2D eigenvalue weighted by Crippen LogP contribution is -2.47. The molecule has 22 heavy (non-hydrogen) atoms. The first kappa shape index (κ1) is 16.2. The van der Waals surface area contributed by atoms with Crippen LogP contribution in [0.4, 0.5) is 5.69 Å². The Labute approximate surface area is 132 Å². The van der Waals surface area contributed by atoms with Gasteiger partial charge in [0.05, 0.1) is 12.7 Å². The molecule has 5 nitrogen and oxygen atoms in total. The molecular formula is C17H25N3O2. The van der Waals surface area contributed by atoms with Gasteiger partial charge in [-0.1, -0.05) is 18.2 Å². The molecule has 1 aromatic rings. The third-order valence-electron chi connectivity index (χ3n) is 3.95. The summed E-state index contributed by atoms with van der Waals surface area (Å²) in [7, 11) is 0. The molecular weight excluding hydrogens is 278 g/mol. The zero-order chi connectivity index (χ0) is 16.1. The van der Waals surface area contributed by atoms with Crippen LogP contribution in [0, 0.1) is 13.8 Å². The molecule has 1 aliphatic rings. The molecule has 1 heterocycles. The molecule has 0 aromatic heterocycles. The SMILES string of the molecule is CCOC(=O)C=C(N)N1CCN(c2c(C)cccc2C)CC1. The van der Waals surface area contributed by atoms with Crippen LogP contribution in [0.2, 0.25) is 0 Å². The molecule has 0 unspecified atom stereocenters. The number of para-hydroxylation sites is 1. The zero-order valence-electron chi connectivity index (χ0n) is 13.6. The number of carbonyl (C=O) groups is 1. The predicted octanol–water partition coefficient (Wildman–Crippen LogP) is 1.79. The second kappa shape index (κ2) is 7.20. The van der Waals surface area contributed by atoms with Crippen molar-refractivity contribution in [3.63, 3.8) is 0 Å². The van der Waals surface area contributed by atoms with E-state index in [1.165, 1.54) is 22.9 Å². The van der Waals surface area contributed by atoms with Crippen LogP contribution in [0.1, 0.15) is 18.1 Å². The van der Waals surface area contributed by atoms with Gasteiger partial charge in [-0.25, -0.2) is 4.79 Å². The van der Waals surface area contributed by atoms with Crippen LogP contribution in [-0.2, 0) is 9.53 Å². The van der Waals surface area contributed by atoms with Crippen LogP contribution in [0.5, 0.6) is 0 Å². The number of carbonyl (C=O) groups excluding carboxylic acids is 1. The first-order valence-corrected chi connectivity index (χ1v) is 7.73. The fourth-order valence-corrected chi connectivity index (χ4v) is 2.89. The van der Waals surface area contributed by atoms with Crippen molar-refractivity contribution in [1.82, 2.24) is 4.90 Å². The van der Waals surface area contributed by atoms with Gasteiger partial charge in [0, 0.05) is 31.9 Å². The van der Waals surface area contributed by atoms with E-state index in [4.69, 9.17) is 10.5 Å². The van der Waals surface area contributed by atoms with Gasteiger partial charge in [-0.3, -0.25) is 0 Å². The van der Waals surface area contributed by atoms with Gasteiger partial charge in [0.1, 0.15) is 5.82 Å². The van der Waals surface area contributed by atoms with Crippen LogP contribution >= 0.6 is 0 Å². The van der Waals surface area contributed by atoms with Gasteiger partial charge in [0.25, 0.3) is 0 Å². The summed E-state index contributed by atoms with van der Waals surface area (Å²) in [6.07, 6.45) is 1.37. The highest BCUT2D eigenvalue weighted by Crippen LogP contribution is 2.25. The number of piperazine rings is 1. The van der Waals surface area contributed by atoms with Crippen molar-refractivity contribution in [3.05, 3.63) is 41.2 Å². The Balaban J connectivity index is 2.00. The lowest BCUT2D eigenvalue weighted by Gasteiger charge is -2.38. The Bertz CT molecular complexity index is 541. The number of hydrogen-bond donors (Lipinski definition) is 1. The lowest BCUT2D eigenvalue weighted by atomic mass is 10.1. The highest BCUT2D eigenvalue weighted by Gasteiger charge is 2.20. The van der Waals surface area contributed by atoms with Crippen molar-refractivity contribution in [2.24, 2.45) is 5.73 Å². The number of aryl methyl sites for hydroxylation is 2. The number of hydrogen-bond acceptors (Lipinski definition) is 5. The summed E-state index contributed by atoms with van der Waals surface area (Å²) >= 11 is 0. The van der Waals surface area contributed by atoms with E-state index >= 15 is 0 Å². The number of rotatable bonds is 4. The fourth-order valence-electron chi connectivity index (χ4n) is 2.89. The Morgan fingerprint density at radius 2 is 1.82 bits per heavy atom. The summed E-state index contributed by atoms with van der Waals surface area (Å²) in [5.41, 5.74) is 9.90. The van der Waals surface area contributed by atoms with E-state index in [1.807, 2.05) is 4.90 Å². The number of esters is 1. The van der Waals surface area contributed by atoms with Gasteiger partial charge in [-0.15, -0.1) is 0 Å². The summed E-state index contributed by atoms with van der Waals surface area (Å²) < 4.78 is 4.89. The Kier molecular flexibility index (Phi) is 5.31. The van der Waals surface area contributed by atoms with Gasteiger partial charge in [0.2, 0.25) is 0 Å². The molecule has 2 rings (SSSR count). The number of ether oxygens (including phenoxy) is 1. The van der Waals surface area contributed by atoms with Crippen molar-refractivity contribution in [3.8, 4) is 0 Å². The molecule has 0 saturated carbocycles. The number of benzene rings is 1. The maximum absolute atomic E-state index is 11.5. The first-order chi connectivity index (χ1) is 10.5. The quantitative estimate of drug-likeness (QED) is 0.679. The smallest absolute Gasteiger partial charge is 0.334 e. The van der Waals surface area contributed by atoms with E-state index in [0.29, 0.717) is 12.4 Å². The normalized spacial score (nSPS) is 15.9. The minimum absolute atomic E-state index is 0.364. The maximum atomic E-state index is 11.5. The largest absolute Gasteiger partial charge is 0.463 e. The zero-order valence-corrected chi connectivity index (χ0v) is 13.6. The molecule has 1 saturated heterocycles. The Morgan fingerprint density at radius 1 is 1.23 bits per heavy atom. The standard InChI is InChI=1S/C17H25N3O2/c1-4-22-16(21)12-15(18)19-8-10-20(11-9-19)17-13(2)6-5-7-14(17)3/h5-7,12H,4,8-11,18H2,1-3H3. The summed E-state index contributed by atoms with van der Waals surface area (Å²) in [4.78, 5) is 15.9. The van der Waals surface area contributed by atoms with Crippen molar-refractivity contribution >= 4 is 11.7 Å². The van der Waals surface area contributed by atoms with Crippen molar-refractivity contribution in [2.75, 3.05) is 37.7 Å². The molecule has 0 radical (unpaired) electrons. The third kappa shape index (κ3) is 3.72. The van der Waals surface area contributed by atoms with Gasteiger partial charge in [-0.2, -0.15) is 0 Å². The second-order valence-electron chi connectivity index (χ2n) is 5.54. The predicted molar refractivity (Wildman–Crippen MR) is 88.6 cm³/mol. The summed E-state index contributed by atoms with van der Waals surface area (Å²) in [6.45, 7) is 9.82. The number of nitrogens with zero attached hydrogens (tertiary/aromatic N) is 2. The minimum atomic E-state index is -0.378. The summed E-state index contributed by atoms with van der Waals surface area (Å²) in [5, 5.41) is 0. The molecule has 0 amide bonds. The van der Waals surface area contributed by atoms with E-state index < -0.39 is 0 Å². The van der Waals surface area contributed by atoms with Crippen LogP contribution in [0.3, 0.4) is 0 Å². The van der Waals surface area contributed by atoms with Crippen LogP contribution < -0.4 is 10.6 Å². The monoisotopic (exact) mass is 303 g/mol. The molecule has 1 aliphatic heterocycles. The molecule has 5 heteroatoms. The van der Waals surface area contributed by atoms with Gasteiger partial charge >= 0.3 is 5.97 Å². The average molecular weight is 303 g/mol. The van der Waals surface area contributed by atoms with Crippen LogP contribution in [0.25, 0.3) is 0 Å². The molecule has 0 bridgehead atoms. The van der Waals surface area contributed by atoms with E-state index in [-0.39, 0.29) is 5.97 Å². The summed E-state index contributed by atoms with van der Waals surface area (Å²) in [6, 6.07) is 6.37. The molecule has 1 fully saturated rings. The van der Waals surface area contributed by atoms with Crippen molar-refractivity contribution in [2.45, 2.75) is 20.8 Å². The van der Waals surface area contributed by atoms with E-state index in [1.54, 1.807) is 6.92 Å². The number of anilines is 1. The minimum Gasteiger partial charge on any atom is -0.463 e. The van der Waals surface area contributed by atoms with Crippen molar-refractivity contribution < 1.29 is 9.53 Å². The molecule has 0 spiro atoms. The molecule has 1 aromatic carbocycles. The maximum Gasteiger partial charge on any atom is 0.334 e. The molecule has 0 atom stereocenters. The van der Waals surface area contributed by atoms with Crippen LogP contribution in [0.15, 0.2) is 30.1 Å². The Morgan fingerprint density at radius 3 is 2.36 bits per heavy atom. The lowest BCUT2D eigenvalue weighted by molar-refractivity contribution is -0.137. The fraction of sp³-hybridized carbons (Fsp3) is 0.471. The molecule has 2 N–H and O–H groups in total. The highest BCUT2D eigenvalue weighted by molar-refractivity contribution is 5.82. The van der Waals surface area contributed by atoms with Crippen molar-refractivity contribution in [1.29, 1.82) is 0 Å². The highest BCUT2D eigenvalue weighted by atomic mass is 16.5. The topological polar surface area (TPSA) is 58.8 Å². The van der Waals surface area contributed by atoms with Gasteiger partial charge in [0.15, 0.2) is 0 Å². The third-order valence-corrected chi connectivity index (χ3v) is 3.95. The average Bonchev–Trinajstić information content (AvgIpc) is 2.48. The van der Waals surface area contributed by atoms with E-state index in [2.05, 4.69) is 36.9 Å². The van der Waals surface area contributed by atoms with Crippen LogP contribution in [-0.4, -0.2) is 43.7 Å². The summed E-state index contributed by atoms with van der Waals surface area (Å²) in [5.74, 6) is 0.108. The first-order valence-electron chi connectivity index (χ1n) is 7.73. The van der Waals surface area contributed by atoms with E-state index in [9.17, 15) is 4.79 Å². The molecule has 0 aliphatic carbocycles. The Hall–Kier alpha value is -2.17. The van der Waals surface area contributed by atoms with E-state index in [0.717, 1.165) is 26.2 Å². The van der Waals surface area contributed by atoms with Gasteiger partial charge in [-0.05, 0) is 31.9 Å². The second-order valence-corrected chi connectivity index (χ2v) is 5.54. The number of nitrogens with two attached hydrogens (primary N) is 1. The molecule has 120 valence electrons. The van der Waals surface area contributed by atoms with Gasteiger partial charge < -0.3 is 20.3 Å².